The molecule has 0 atom stereocenters. The van der Waals surface area contributed by atoms with Gasteiger partial charge in [-0.3, -0.25) is 9.59 Å². The highest BCUT2D eigenvalue weighted by atomic mass is 16.5. The number of carbonyl (C=O) groups is 2. The lowest BCUT2D eigenvalue weighted by molar-refractivity contribution is 0.103. The van der Waals surface area contributed by atoms with Gasteiger partial charge in [0.2, 0.25) is 0 Å². The van der Waals surface area contributed by atoms with Crippen molar-refractivity contribution in [2.75, 3.05) is 41.7 Å². The Labute approximate surface area is 282 Å². The van der Waals surface area contributed by atoms with Crippen LogP contribution in [0.4, 0.5) is 0 Å². The normalized spacial score (nSPS) is 11.0. The van der Waals surface area contributed by atoms with Crippen LogP contribution in [0.15, 0.2) is 97.1 Å². The highest BCUT2D eigenvalue weighted by Crippen LogP contribution is 2.29. The number of rotatable bonds is 19. The van der Waals surface area contributed by atoms with Crippen molar-refractivity contribution >= 4 is 23.7 Å². The number of hydrogen-bond acceptors (Lipinski definition) is 8. The lowest BCUT2D eigenvalue weighted by atomic mass is 10.1. The third kappa shape index (κ3) is 10.5. The van der Waals surface area contributed by atoms with Crippen molar-refractivity contribution in [3.05, 3.63) is 119 Å². The van der Waals surface area contributed by atoms with Crippen molar-refractivity contribution in [1.29, 1.82) is 0 Å². The minimum Gasteiger partial charge on any atom is -0.494 e. The summed E-state index contributed by atoms with van der Waals surface area (Å²) in [7, 11) is 6.32. The van der Waals surface area contributed by atoms with Gasteiger partial charge in [-0.05, 0) is 122 Å². The molecule has 250 valence electrons. The summed E-state index contributed by atoms with van der Waals surface area (Å²) in [6.45, 7) is 1.20. The fraction of sp³-hybridized carbons (Fsp3) is 0.250. The molecule has 8 nitrogen and oxygen atoms in total. The van der Waals surface area contributed by atoms with Crippen LogP contribution in [-0.4, -0.2) is 53.2 Å². The molecule has 0 aromatic heterocycles. The Morgan fingerprint density at radius 2 is 0.854 bits per heavy atom. The molecule has 0 spiro atoms. The van der Waals surface area contributed by atoms with Crippen LogP contribution in [0.2, 0.25) is 0 Å². The second-order valence-corrected chi connectivity index (χ2v) is 10.8. The number of ether oxygens (including phenoxy) is 6. The molecule has 0 N–H and O–H groups in total. The van der Waals surface area contributed by atoms with E-state index in [4.69, 9.17) is 28.4 Å². The molecule has 0 radical (unpaired) electrons. The summed E-state index contributed by atoms with van der Waals surface area (Å²) < 4.78 is 32.9. The Morgan fingerprint density at radius 1 is 0.479 bits per heavy atom. The van der Waals surface area contributed by atoms with Gasteiger partial charge in [-0.2, -0.15) is 0 Å². The average molecular weight is 651 g/mol. The fourth-order valence-corrected chi connectivity index (χ4v) is 4.82. The number of unbranched alkanes of at least 4 members (excludes halogenated alkanes) is 3. The Kier molecular flexibility index (Phi) is 13.7. The molecule has 0 bridgehead atoms. The Hall–Kier alpha value is -5.50. The van der Waals surface area contributed by atoms with E-state index in [0.29, 0.717) is 47.3 Å². The fourth-order valence-electron chi connectivity index (χ4n) is 4.82. The van der Waals surface area contributed by atoms with Gasteiger partial charge in [-0.15, -0.1) is 0 Å². The van der Waals surface area contributed by atoms with Crippen LogP contribution in [0.25, 0.3) is 12.2 Å². The van der Waals surface area contributed by atoms with Gasteiger partial charge in [0, 0.05) is 11.1 Å². The van der Waals surface area contributed by atoms with Crippen LogP contribution in [0, 0.1) is 0 Å². The lowest BCUT2D eigenvalue weighted by Gasteiger charge is -2.08. The number of allylic oxidation sites excluding steroid dienone is 2. The molecular weight excluding hydrogens is 608 g/mol. The minimum atomic E-state index is -0.0948. The second kappa shape index (κ2) is 18.6. The van der Waals surface area contributed by atoms with Gasteiger partial charge in [0.15, 0.2) is 34.6 Å². The van der Waals surface area contributed by atoms with Crippen LogP contribution in [0.1, 0.15) is 57.5 Å². The van der Waals surface area contributed by atoms with Crippen molar-refractivity contribution in [2.45, 2.75) is 25.7 Å². The van der Waals surface area contributed by atoms with Gasteiger partial charge in [0.05, 0.1) is 41.7 Å². The number of hydrogen-bond donors (Lipinski definition) is 0. The number of methoxy groups -OCH3 is 4. The predicted molar refractivity (Wildman–Crippen MR) is 188 cm³/mol. The molecule has 8 heteroatoms. The molecular formula is C40H42O8. The highest BCUT2D eigenvalue weighted by Gasteiger charge is 2.07. The van der Waals surface area contributed by atoms with E-state index in [2.05, 4.69) is 0 Å². The molecule has 0 aliphatic rings. The molecule has 0 amide bonds. The first-order valence-electron chi connectivity index (χ1n) is 15.8. The largest absolute Gasteiger partial charge is 0.494 e. The Morgan fingerprint density at radius 3 is 1.21 bits per heavy atom. The summed E-state index contributed by atoms with van der Waals surface area (Å²) in [6, 6.07) is 25.3. The smallest absolute Gasteiger partial charge is 0.185 e. The van der Waals surface area contributed by atoms with Gasteiger partial charge < -0.3 is 28.4 Å². The standard InChI is InChI=1S/C40H42O8/c1-43-37-23-11-29(27-39(37)45-3)9-21-35(41)31-13-17-33(18-14-31)47-25-7-5-6-8-26-48-34-19-15-32(16-20-34)36(42)22-10-30-12-24-38(44-2)40(28-30)46-4/h9-24,27-28H,5-8,25-26H2,1-4H3/b21-9+,22-10+. The second-order valence-electron chi connectivity index (χ2n) is 10.8. The molecule has 0 heterocycles. The summed E-state index contributed by atoms with van der Waals surface area (Å²) >= 11 is 0. The van der Waals surface area contributed by atoms with E-state index in [1.54, 1.807) is 89.1 Å². The minimum absolute atomic E-state index is 0.0948. The van der Waals surface area contributed by atoms with Crippen LogP contribution < -0.4 is 28.4 Å². The zero-order valence-corrected chi connectivity index (χ0v) is 27.9. The maximum Gasteiger partial charge on any atom is 0.185 e. The quantitative estimate of drug-likeness (QED) is 0.0567. The molecule has 0 fully saturated rings. The Balaban J connectivity index is 1.10. The van der Waals surface area contributed by atoms with Crippen molar-refractivity contribution in [1.82, 2.24) is 0 Å². The van der Waals surface area contributed by atoms with Crippen molar-refractivity contribution < 1.29 is 38.0 Å². The zero-order valence-electron chi connectivity index (χ0n) is 27.9. The van der Waals surface area contributed by atoms with Crippen LogP contribution in [0.5, 0.6) is 34.5 Å². The first-order valence-corrected chi connectivity index (χ1v) is 15.8. The first kappa shape index (κ1) is 35.4. The number of ketones is 2. The lowest BCUT2D eigenvalue weighted by Crippen LogP contribution is -2.01. The van der Waals surface area contributed by atoms with Gasteiger partial charge in [-0.1, -0.05) is 24.3 Å². The molecule has 0 aliphatic carbocycles. The van der Waals surface area contributed by atoms with Gasteiger partial charge >= 0.3 is 0 Å². The van der Waals surface area contributed by atoms with Crippen LogP contribution in [0.3, 0.4) is 0 Å². The van der Waals surface area contributed by atoms with E-state index < -0.39 is 0 Å². The average Bonchev–Trinajstić information content (AvgIpc) is 3.14. The SMILES string of the molecule is COc1ccc(/C=C/C(=O)c2ccc(OCCCCCCOc3ccc(C(=O)/C=C/c4ccc(OC)c(OC)c4)cc3)cc2)cc1OC. The third-order valence-corrected chi connectivity index (χ3v) is 7.52. The molecule has 4 aromatic carbocycles. The van der Waals surface area contributed by atoms with E-state index in [0.717, 1.165) is 48.3 Å². The summed E-state index contributed by atoms with van der Waals surface area (Å²) in [6.07, 6.45) is 10.5. The Bertz CT molecular complexity index is 1560. The summed E-state index contributed by atoms with van der Waals surface area (Å²) in [5.41, 5.74) is 2.85. The van der Waals surface area contributed by atoms with Crippen LogP contribution in [-0.2, 0) is 0 Å². The van der Waals surface area contributed by atoms with Gasteiger partial charge in [-0.25, -0.2) is 0 Å². The predicted octanol–water partition coefficient (Wildman–Crippen LogP) is 8.53. The molecule has 4 rings (SSSR count). The van der Waals surface area contributed by atoms with Crippen LogP contribution >= 0.6 is 0 Å². The highest BCUT2D eigenvalue weighted by molar-refractivity contribution is 6.07. The third-order valence-electron chi connectivity index (χ3n) is 7.52. The molecule has 0 unspecified atom stereocenters. The zero-order chi connectivity index (χ0) is 34.1. The van der Waals surface area contributed by atoms with E-state index >= 15 is 0 Å². The van der Waals surface area contributed by atoms with E-state index in [1.807, 2.05) is 48.5 Å². The van der Waals surface area contributed by atoms with E-state index in [-0.39, 0.29) is 11.6 Å². The number of carbonyl (C=O) groups excluding carboxylic acids is 2. The first-order chi connectivity index (χ1) is 23.4. The summed E-state index contributed by atoms with van der Waals surface area (Å²) in [5.74, 6) is 3.77. The molecule has 0 saturated carbocycles. The molecule has 0 aliphatic heterocycles. The van der Waals surface area contributed by atoms with Crippen molar-refractivity contribution in [2.24, 2.45) is 0 Å². The van der Waals surface area contributed by atoms with Crippen molar-refractivity contribution in [3.8, 4) is 34.5 Å². The molecule has 4 aromatic rings. The summed E-state index contributed by atoms with van der Waals surface area (Å²) in [5, 5.41) is 0. The molecule has 0 saturated heterocycles. The topological polar surface area (TPSA) is 89.5 Å². The molecule has 48 heavy (non-hydrogen) atoms. The van der Waals surface area contributed by atoms with Gasteiger partial charge in [0.1, 0.15) is 11.5 Å². The van der Waals surface area contributed by atoms with Gasteiger partial charge in [0.25, 0.3) is 0 Å². The van der Waals surface area contributed by atoms with E-state index in [1.165, 1.54) is 0 Å². The summed E-state index contributed by atoms with van der Waals surface area (Å²) in [4.78, 5) is 25.2. The van der Waals surface area contributed by atoms with E-state index in [9.17, 15) is 9.59 Å². The monoisotopic (exact) mass is 650 g/mol. The van der Waals surface area contributed by atoms with Crippen molar-refractivity contribution in [3.63, 3.8) is 0 Å². The maximum absolute atomic E-state index is 12.6. The number of benzene rings is 4. The maximum atomic E-state index is 12.6.